The topological polar surface area (TPSA) is 70.4 Å². The molecule has 1 fully saturated rings. The molecule has 1 saturated carbocycles. The minimum atomic E-state index is -0.127. The van der Waals surface area contributed by atoms with Crippen LogP contribution in [-0.2, 0) is 19.5 Å². The molecule has 1 aromatic carbocycles. The molecular formula is C22H30N4O2. The molecule has 6 nitrogen and oxygen atoms in total. The van der Waals surface area contributed by atoms with E-state index in [0.29, 0.717) is 18.3 Å². The number of amides is 1. The van der Waals surface area contributed by atoms with Crippen LogP contribution in [0.4, 0.5) is 0 Å². The van der Waals surface area contributed by atoms with E-state index >= 15 is 0 Å². The molecule has 4 rings (SSSR count). The number of benzene rings is 1. The third kappa shape index (κ3) is 3.84. The van der Waals surface area contributed by atoms with Crippen molar-refractivity contribution in [2.24, 2.45) is 0 Å². The van der Waals surface area contributed by atoms with E-state index in [-0.39, 0.29) is 18.6 Å². The zero-order valence-electron chi connectivity index (χ0n) is 16.6. The van der Waals surface area contributed by atoms with Gasteiger partial charge >= 0.3 is 0 Å². The summed E-state index contributed by atoms with van der Waals surface area (Å²) in [5.41, 5.74) is 3.76. The number of aliphatic hydroxyl groups excluding tert-OH is 1. The number of hydrogen-bond donors (Lipinski definition) is 2. The van der Waals surface area contributed by atoms with Crippen molar-refractivity contribution in [1.29, 1.82) is 0 Å². The Hall–Kier alpha value is -2.18. The van der Waals surface area contributed by atoms with Gasteiger partial charge in [-0.3, -0.25) is 14.4 Å². The highest BCUT2D eigenvalue weighted by molar-refractivity contribution is 5.94. The second kappa shape index (κ2) is 8.45. The lowest BCUT2D eigenvalue weighted by Crippen LogP contribution is -2.39. The van der Waals surface area contributed by atoms with Crippen LogP contribution < -0.4 is 5.32 Å². The van der Waals surface area contributed by atoms with Crippen LogP contribution in [0.15, 0.2) is 30.3 Å². The molecule has 1 aliphatic heterocycles. The Morgan fingerprint density at radius 1 is 1.29 bits per heavy atom. The van der Waals surface area contributed by atoms with Crippen LogP contribution in [0.3, 0.4) is 0 Å². The molecule has 2 N–H and O–H groups in total. The molecule has 0 spiro atoms. The van der Waals surface area contributed by atoms with Gasteiger partial charge in [0, 0.05) is 36.8 Å². The third-order valence-corrected chi connectivity index (χ3v) is 6.18. The summed E-state index contributed by atoms with van der Waals surface area (Å²) in [5, 5.41) is 17.1. The first kappa shape index (κ1) is 19.2. The van der Waals surface area contributed by atoms with E-state index in [9.17, 15) is 9.90 Å². The highest BCUT2D eigenvalue weighted by Gasteiger charge is 2.32. The van der Waals surface area contributed by atoms with Gasteiger partial charge in [0.05, 0.1) is 19.2 Å². The molecule has 1 amide bonds. The summed E-state index contributed by atoms with van der Waals surface area (Å²) in [6.45, 7) is 4.26. The first-order chi connectivity index (χ1) is 13.7. The van der Waals surface area contributed by atoms with Gasteiger partial charge in [0.15, 0.2) is 5.69 Å². The number of rotatable bonds is 6. The Kier molecular flexibility index (Phi) is 5.78. The highest BCUT2D eigenvalue weighted by Crippen LogP contribution is 2.30. The molecule has 0 bridgehead atoms. The van der Waals surface area contributed by atoms with Gasteiger partial charge in [0.25, 0.3) is 5.91 Å². The summed E-state index contributed by atoms with van der Waals surface area (Å²) >= 11 is 0. The van der Waals surface area contributed by atoms with E-state index in [1.54, 1.807) is 0 Å². The smallest absolute Gasteiger partial charge is 0.272 e. The lowest BCUT2D eigenvalue weighted by molar-refractivity contribution is 0.0930. The number of hydrogen-bond acceptors (Lipinski definition) is 4. The molecule has 6 heteroatoms. The molecule has 0 radical (unpaired) electrons. The quantitative estimate of drug-likeness (QED) is 0.806. The average molecular weight is 383 g/mol. The zero-order valence-corrected chi connectivity index (χ0v) is 16.6. The van der Waals surface area contributed by atoms with Crippen molar-refractivity contribution in [3.05, 3.63) is 52.8 Å². The molecule has 1 atom stereocenters. The molecule has 2 heterocycles. The summed E-state index contributed by atoms with van der Waals surface area (Å²) in [4.78, 5) is 15.6. The Balaban J connectivity index is 1.57. The van der Waals surface area contributed by atoms with Gasteiger partial charge in [0.2, 0.25) is 0 Å². The maximum atomic E-state index is 13.1. The lowest BCUT2D eigenvalue weighted by atomic mass is 10.0. The number of aromatic nitrogens is 2. The van der Waals surface area contributed by atoms with Crippen molar-refractivity contribution in [2.75, 3.05) is 13.2 Å². The summed E-state index contributed by atoms with van der Waals surface area (Å²) < 4.78 is 1.84. The molecule has 28 heavy (non-hydrogen) atoms. The monoisotopic (exact) mass is 382 g/mol. The second-order valence-electron chi connectivity index (χ2n) is 7.99. The van der Waals surface area contributed by atoms with E-state index in [4.69, 9.17) is 0 Å². The third-order valence-electron chi connectivity index (χ3n) is 6.18. The van der Waals surface area contributed by atoms with E-state index in [0.717, 1.165) is 36.3 Å². The van der Waals surface area contributed by atoms with Crippen LogP contribution >= 0.6 is 0 Å². The molecule has 2 aromatic rings. The Labute approximate surface area is 166 Å². The Bertz CT molecular complexity index is 811. The normalized spacial score (nSPS) is 18.8. The van der Waals surface area contributed by atoms with Gasteiger partial charge in [-0.05, 0) is 25.3 Å². The molecule has 1 aromatic heterocycles. The summed E-state index contributed by atoms with van der Waals surface area (Å²) in [6, 6.07) is 10.5. The molecule has 2 aliphatic rings. The fourth-order valence-corrected chi connectivity index (χ4v) is 4.64. The summed E-state index contributed by atoms with van der Waals surface area (Å²) in [5.74, 6) is -0.127. The SMILES string of the molecule is CC(NC(=O)c1nn(CCO)c2c1CN(C1CCCC1)CC2)c1ccccc1. The van der Waals surface area contributed by atoms with Crippen LogP contribution in [0, 0.1) is 0 Å². The number of nitrogens with zero attached hydrogens (tertiary/aromatic N) is 3. The largest absolute Gasteiger partial charge is 0.394 e. The van der Waals surface area contributed by atoms with Crippen molar-refractivity contribution < 1.29 is 9.90 Å². The van der Waals surface area contributed by atoms with E-state index in [2.05, 4.69) is 15.3 Å². The minimum Gasteiger partial charge on any atom is -0.394 e. The van der Waals surface area contributed by atoms with Gasteiger partial charge in [-0.15, -0.1) is 0 Å². The van der Waals surface area contributed by atoms with Crippen molar-refractivity contribution in [2.45, 2.75) is 64.2 Å². The fourth-order valence-electron chi connectivity index (χ4n) is 4.64. The number of fused-ring (bicyclic) bond motifs is 1. The first-order valence-electron chi connectivity index (χ1n) is 10.5. The van der Waals surface area contributed by atoms with Crippen molar-refractivity contribution in [3.63, 3.8) is 0 Å². The van der Waals surface area contributed by atoms with Gasteiger partial charge < -0.3 is 10.4 Å². The van der Waals surface area contributed by atoms with Gasteiger partial charge in [-0.1, -0.05) is 43.2 Å². The maximum absolute atomic E-state index is 13.1. The van der Waals surface area contributed by atoms with Crippen LogP contribution in [-0.4, -0.2) is 44.9 Å². The fraction of sp³-hybridized carbons (Fsp3) is 0.545. The van der Waals surface area contributed by atoms with Crippen LogP contribution in [0.5, 0.6) is 0 Å². The summed E-state index contributed by atoms with van der Waals surface area (Å²) in [7, 11) is 0. The second-order valence-corrected chi connectivity index (χ2v) is 7.99. The molecular weight excluding hydrogens is 352 g/mol. The standard InChI is InChI=1S/C22H30N4O2/c1-16(17-7-3-2-4-8-17)23-22(28)21-19-15-25(18-9-5-6-10-18)12-11-20(19)26(24-21)13-14-27/h2-4,7-8,16,18,27H,5-6,9-15H2,1H3,(H,23,28). The average Bonchev–Trinajstić information content (AvgIpc) is 3.37. The van der Waals surface area contributed by atoms with Crippen LogP contribution in [0.25, 0.3) is 0 Å². The predicted octanol–water partition coefficient (Wildman–Crippen LogP) is 2.67. The summed E-state index contributed by atoms with van der Waals surface area (Å²) in [6.07, 6.45) is 6.01. The maximum Gasteiger partial charge on any atom is 0.272 e. The molecule has 1 unspecified atom stereocenters. The molecule has 150 valence electrons. The number of aliphatic hydroxyl groups is 1. The lowest BCUT2D eigenvalue weighted by Gasteiger charge is -2.32. The Morgan fingerprint density at radius 3 is 2.75 bits per heavy atom. The molecule has 0 saturated heterocycles. The van der Waals surface area contributed by atoms with Crippen LogP contribution in [0.1, 0.15) is 66.0 Å². The van der Waals surface area contributed by atoms with Crippen molar-refractivity contribution in [1.82, 2.24) is 20.0 Å². The van der Waals surface area contributed by atoms with E-state index < -0.39 is 0 Å². The van der Waals surface area contributed by atoms with Crippen LogP contribution in [0.2, 0.25) is 0 Å². The minimum absolute atomic E-state index is 0.0297. The van der Waals surface area contributed by atoms with Gasteiger partial charge in [0.1, 0.15) is 0 Å². The van der Waals surface area contributed by atoms with Gasteiger partial charge in [-0.25, -0.2) is 0 Å². The Morgan fingerprint density at radius 2 is 2.04 bits per heavy atom. The molecule has 1 aliphatic carbocycles. The van der Waals surface area contributed by atoms with Crippen molar-refractivity contribution in [3.8, 4) is 0 Å². The highest BCUT2D eigenvalue weighted by atomic mass is 16.3. The number of nitrogens with one attached hydrogen (secondary N) is 1. The number of carbonyl (C=O) groups is 1. The zero-order chi connectivity index (χ0) is 19.5. The van der Waals surface area contributed by atoms with Crippen molar-refractivity contribution >= 4 is 5.91 Å². The van der Waals surface area contributed by atoms with E-state index in [1.165, 1.54) is 25.7 Å². The van der Waals surface area contributed by atoms with Gasteiger partial charge in [-0.2, -0.15) is 5.10 Å². The first-order valence-corrected chi connectivity index (χ1v) is 10.5. The predicted molar refractivity (Wildman–Crippen MR) is 108 cm³/mol. The van der Waals surface area contributed by atoms with E-state index in [1.807, 2.05) is 41.9 Å². The number of carbonyl (C=O) groups excluding carboxylic acids is 1.